The lowest BCUT2D eigenvalue weighted by Crippen LogP contribution is -2.57. The molecule has 0 saturated carbocycles. The largest absolute Gasteiger partial charge is 0.497 e. The molecule has 1 N–H and O–H groups in total. The molecule has 0 aromatic heterocycles. The van der Waals surface area contributed by atoms with Crippen LogP contribution in [0.25, 0.3) is 0 Å². The first kappa shape index (κ1) is 24.8. The fraction of sp³-hybridized carbons (Fsp3) is 0.267. The molecule has 8 heteroatoms. The van der Waals surface area contributed by atoms with E-state index in [2.05, 4.69) is 18.2 Å². The molecule has 2 heterocycles. The van der Waals surface area contributed by atoms with E-state index in [1.165, 1.54) is 0 Å². The third-order valence-corrected chi connectivity index (χ3v) is 7.59. The van der Waals surface area contributed by atoms with Crippen molar-refractivity contribution in [2.45, 2.75) is 25.4 Å². The average Bonchev–Trinajstić information content (AvgIpc) is 3.13. The van der Waals surface area contributed by atoms with Gasteiger partial charge in [0.2, 0.25) is 17.1 Å². The number of ether oxygens (including phenoxy) is 4. The highest BCUT2D eigenvalue weighted by molar-refractivity contribution is 5.89. The number of hydrogen-bond acceptors (Lipinski definition) is 8. The molecule has 0 radical (unpaired) electrons. The zero-order valence-electron chi connectivity index (χ0n) is 20.8. The van der Waals surface area contributed by atoms with E-state index in [1.54, 1.807) is 62.6 Å². The summed E-state index contributed by atoms with van der Waals surface area (Å²) >= 11 is 0. The second kappa shape index (κ2) is 9.23. The molecule has 2 aliphatic heterocycles. The minimum Gasteiger partial charge on any atom is -0.497 e. The highest BCUT2D eigenvalue weighted by Gasteiger charge is 2.79. The van der Waals surface area contributed by atoms with Gasteiger partial charge in [-0.15, -0.1) is 0 Å². The molecule has 0 amide bonds. The molecule has 5 rings (SSSR count). The number of benzene rings is 3. The van der Waals surface area contributed by atoms with Crippen LogP contribution >= 0.6 is 0 Å². The molecular formula is C30H24N4O4. The molecule has 3 aromatic carbocycles. The van der Waals surface area contributed by atoms with Crippen LogP contribution in [0.2, 0.25) is 0 Å². The Morgan fingerprint density at radius 2 is 1.50 bits per heavy atom. The summed E-state index contributed by atoms with van der Waals surface area (Å²) in [6, 6.07) is 29.8. The van der Waals surface area contributed by atoms with Crippen LogP contribution in [0.3, 0.4) is 0 Å². The fourth-order valence-corrected chi connectivity index (χ4v) is 5.47. The highest BCUT2D eigenvalue weighted by atomic mass is 16.7. The summed E-state index contributed by atoms with van der Waals surface area (Å²) in [6.45, 7) is 2.05. The van der Waals surface area contributed by atoms with Crippen molar-refractivity contribution in [1.29, 1.82) is 21.2 Å². The molecule has 2 bridgehead atoms. The van der Waals surface area contributed by atoms with Crippen LogP contribution in [0, 0.1) is 56.2 Å². The lowest BCUT2D eigenvalue weighted by atomic mass is 9.53. The van der Waals surface area contributed by atoms with E-state index >= 15 is 0 Å². The maximum atomic E-state index is 10.5. The molecule has 0 aliphatic carbocycles. The Labute approximate surface area is 220 Å². The van der Waals surface area contributed by atoms with Gasteiger partial charge < -0.3 is 18.9 Å². The number of hydrogen-bond donors (Lipinski definition) is 1. The van der Waals surface area contributed by atoms with Gasteiger partial charge in [0.1, 0.15) is 24.2 Å². The van der Waals surface area contributed by atoms with Crippen molar-refractivity contribution in [2.75, 3.05) is 7.11 Å². The maximum absolute atomic E-state index is 10.5. The van der Waals surface area contributed by atoms with Crippen molar-refractivity contribution < 1.29 is 18.9 Å². The van der Waals surface area contributed by atoms with E-state index in [1.807, 2.05) is 30.3 Å². The molecule has 8 nitrogen and oxygen atoms in total. The van der Waals surface area contributed by atoms with Crippen LogP contribution in [0.5, 0.6) is 11.5 Å². The van der Waals surface area contributed by atoms with E-state index in [9.17, 15) is 15.8 Å². The van der Waals surface area contributed by atoms with Gasteiger partial charge in [-0.25, -0.2) is 0 Å². The van der Waals surface area contributed by atoms with Gasteiger partial charge in [-0.05, 0) is 47.5 Å². The van der Waals surface area contributed by atoms with Crippen molar-refractivity contribution >= 4 is 5.90 Å². The molecule has 2 fully saturated rings. The molecule has 4 unspecified atom stereocenters. The second-order valence-corrected chi connectivity index (χ2v) is 9.34. The van der Waals surface area contributed by atoms with Crippen LogP contribution in [0.15, 0.2) is 78.9 Å². The van der Waals surface area contributed by atoms with E-state index < -0.39 is 34.5 Å². The summed E-state index contributed by atoms with van der Waals surface area (Å²) in [5.74, 6) is -1.67. The summed E-state index contributed by atoms with van der Waals surface area (Å²) in [6.07, 6.45) is -1.19. The van der Waals surface area contributed by atoms with E-state index in [0.717, 1.165) is 5.56 Å². The van der Waals surface area contributed by atoms with Crippen molar-refractivity contribution in [2.24, 2.45) is 16.7 Å². The van der Waals surface area contributed by atoms with Gasteiger partial charge in [-0.3, -0.25) is 5.41 Å². The van der Waals surface area contributed by atoms with E-state index in [-0.39, 0.29) is 0 Å². The number of nitrogens with zero attached hydrogens (tertiary/aromatic N) is 3. The number of rotatable bonds is 6. The monoisotopic (exact) mass is 504 g/mol. The quantitative estimate of drug-likeness (QED) is 0.476. The minimum atomic E-state index is -2.04. The van der Waals surface area contributed by atoms with Gasteiger partial charge in [-0.2, -0.15) is 15.8 Å². The Kier molecular flexibility index (Phi) is 6.03. The van der Waals surface area contributed by atoms with E-state index in [0.29, 0.717) is 29.2 Å². The van der Waals surface area contributed by atoms with Gasteiger partial charge in [0.15, 0.2) is 5.41 Å². The SMILES string of the molecule is COc1ccc(C23OC(=N)C(C#N)(C2C)C(C#N)(C#N)C(c2ccc(OCc4ccccc4)cc2)O3)cc1. The van der Waals surface area contributed by atoms with Crippen LogP contribution < -0.4 is 9.47 Å². The summed E-state index contributed by atoms with van der Waals surface area (Å²) in [5.41, 5.74) is -1.87. The normalized spacial score (nSPS) is 26.8. The summed E-state index contributed by atoms with van der Waals surface area (Å²) in [7, 11) is 1.55. The predicted molar refractivity (Wildman–Crippen MR) is 135 cm³/mol. The molecule has 188 valence electrons. The van der Waals surface area contributed by atoms with Crippen molar-refractivity contribution in [3.63, 3.8) is 0 Å². The van der Waals surface area contributed by atoms with Crippen LogP contribution in [0.1, 0.15) is 29.7 Å². The fourth-order valence-electron chi connectivity index (χ4n) is 5.47. The Morgan fingerprint density at radius 1 is 0.868 bits per heavy atom. The molecule has 2 saturated heterocycles. The van der Waals surface area contributed by atoms with E-state index in [4.69, 9.17) is 24.4 Å². The molecule has 3 aromatic rings. The van der Waals surface area contributed by atoms with Crippen molar-refractivity contribution in [3.05, 3.63) is 95.6 Å². The Hall–Kier alpha value is -4.84. The molecule has 38 heavy (non-hydrogen) atoms. The first-order chi connectivity index (χ1) is 18.4. The topological polar surface area (TPSA) is 132 Å². The predicted octanol–water partition coefficient (Wildman–Crippen LogP) is 5.39. The van der Waals surface area contributed by atoms with Gasteiger partial charge in [0.05, 0.1) is 31.2 Å². The second-order valence-electron chi connectivity index (χ2n) is 9.34. The smallest absolute Gasteiger partial charge is 0.244 e. The number of nitriles is 3. The Bertz CT molecular complexity index is 1470. The maximum Gasteiger partial charge on any atom is 0.244 e. The summed E-state index contributed by atoms with van der Waals surface area (Å²) in [4.78, 5) is 0. The van der Waals surface area contributed by atoms with Crippen molar-refractivity contribution in [3.8, 4) is 29.7 Å². The summed E-state index contributed by atoms with van der Waals surface area (Å²) < 4.78 is 23.7. The number of fused-ring (bicyclic) bond motifs is 2. The minimum absolute atomic E-state index is 0.376. The van der Waals surface area contributed by atoms with Gasteiger partial charge in [0, 0.05) is 5.56 Å². The van der Waals surface area contributed by atoms with Crippen molar-refractivity contribution in [1.82, 2.24) is 0 Å². The highest BCUT2D eigenvalue weighted by Crippen LogP contribution is 2.69. The number of nitrogens with one attached hydrogen (secondary N) is 1. The lowest BCUT2D eigenvalue weighted by molar-refractivity contribution is -0.288. The molecule has 0 spiro atoms. The van der Waals surface area contributed by atoms with Gasteiger partial charge in [0.25, 0.3) is 0 Å². The zero-order chi connectivity index (χ0) is 27.0. The van der Waals surface area contributed by atoms with Gasteiger partial charge in [-0.1, -0.05) is 49.4 Å². The first-order valence-electron chi connectivity index (χ1n) is 12.0. The third-order valence-electron chi connectivity index (χ3n) is 7.59. The molecule has 2 aliphatic rings. The third kappa shape index (κ3) is 3.34. The standard InChI is InChI=1S/C30H24N4O4/c1-20-29(19-33)27(34)38-30(20,23-10-14-24(35-2)15-11-23)37-26(28(29,17-31)18-32)22-8-12-25(13-9-22)36-16-21-6-4-3-5-7-21/h3-15,20,26,34H,16H2,1-2H3. The van der Waals surface area contributed by atoms with Crippen LogP contribution in [-0.4, -0.2) is 13.0 Å². The molecular weight excluding hydrogens is 480 g/mol. The first-order valence-corrected chi connectivity index (χ1v) is 12.0. The Balaban J connectivity index is 1.57. The van der Waals surface area contributed by atoms with Crippen LogP contribution in [0.4, 0.5) is 0 Å². The zero-order valence-corrected chi connectivity index (χ0v) is 20.8. The number of methoxy groups -OCH3 is 1. The lowest BCUT2D eigenvalue weighted by Gasteiger charge is -2.48. The molecule has 4 atom stereocenters. The van der Waals surface area contributed by atoms with Gasteiger partial charge >= 0.3 is 0 Å². The average molecular weight is 505 g/mol. The van der Waals surface area contributed by atoms with Crippen LogP contribution in [-0.2, 0) is 21.9 Å². The summed E-state index contributed by atoms with van der Waals surface area (Å²) in [5, 5.41) is 40.0. The Morgan fingerprint density at radius 3 is 2.08 bits per heavy atom.